The van der Waals surface area contributed by atoms with Crippen molar-refractivity contribution in [3.8, 4) is 0 Å². The molecule has 1 heterocycles. The molecule has 2 N–H and O–H groups in total. The molecule has 0 bridgehead atoms. The van der Waals surface area contributed by atoms with E-state index in [1.165, 1.54) is 22.6 Å². The second kappa shape index (κ2) is 4.71. The van der Waals surface area contributed by atoms with E-state index in [2.05, 4.69) is 4.98 Å². The van der Waals surface area contributed by atoms with Gasteiger partial charge in [0.05, 0.1) is 5.56 Å². The van der Waals surface area contributed by atoms with Crippen molar-refractivity contribution in [1.82, 2.24) is 4.98 Å². The van der Waals surface area contributed by atoms with Crippen LogP contribution in [0.3, 0.4) is 0 Å². The second-order valence-corrected chi connectivity index (χ2v) is 6.12. The van der Waals surface area contributed by atoms with Crippen molar-refractivity contribution in [3.63, 3.8) is 0 Å². The van der Waals surface area contributed by atoms with Gasteiger partial charge in [-0.2, -0.15) is 0 Å². The SMILES string of the molecule is NS(=O)(=O)c1cnc(I)c(C(F)F)c1I. The molecule has 1 aromatic rings. The van der Waals surface area contributed by atoms with Gasteiger partial charge in [0, 0.05) is 9.77 Å². The third kappa shape index (κ3) is 2.94. The molecular weight excluding hydrogens is 456 g/mol. The van der Waals surface area contributed by atoms with Crippen molar-refractivity contribution >= 4 is 55.2 Å². The van der Waals surface area contributed by atoms with Gasteiger partial charge >= 0.3 is 0 Å². The summed E-state index contributed by atoms with van der Waals surface area (Å²) in [5, 5.41) is 4.86. The summed E-state index contributed by atoms with van der Waals surface area (Å²) < 4.78 is 47.2. The van der Waals surface area contributed by atoms with Gasteiger partial charge in [0.1, 0.15) is 8.60 Å². The number of nitrogens with two attached hydrogens (primary N) is 1. The Morgan fingerprint density at radius 1 is 1.40 bits per heavy atom. The Morgan fingerprint density at radius 2 is 1.93 bits per heavy atom. The van der Waals surface area contributed by atoms with Crippen LogP contribution >= 0.6 is 45.2 Å². The number of primary sulfonamides is 1. The van der Waals surface area contributed by atoms with Gasteiger partial charge in [-0.05, 0) is 45.2 Å². The number of aromatic nitrogens is 1. The minimum Gasteiger partial charge on any atom is -0.248 e. The van der Waals surface area contributed by atoms with Gasteiger partial charge in [-0.25, -0.2) is 27.3 Å². The molecule has 0 amide bonds. The highest BCUT2D eigenvalue weighted by Gasteiger charge is 2.23. The average Bonchev–Trinajstić information content (AvgIpc) is 2.00. The Kier molecular flexibility index (Phi) is 4.22. The van der Waals surface area contributed by atoms with E-state index < -0.39 is 22.0 Å². The second-order valence-electron chi connectivity index (χ2n) is 2.49. The molecule has 0 radical (unpaired) electrons. The molecule has 0 atom stereocenters. The maximum atomic E-state index is 12.6. The van der Waals surface area contributed by atoms with Crippen LogP contribution in [0.4, 0.5) is 8.78 Å². The molecule has 84 valence electrons. The lowest BCUT2D eigenvalue weighted by Crippen LogP contribution is -2.16. The largest absolute Gasteiger partial charge is 0.267 e. The monoisotopic (exact) mass is 460 g/mol. The van der Waals surface area contributed by atoms with Crippen molar-refractivity contribution < 1.29 is 17.2 Å². The van der Waals surface area contributed by atoms with Crippen molar-refractivity contribution in [3.05, 3.63) is 19.0 Å². The number of hydrogen-bond donors (Lipinski definition) is 1. The highest BCUT2D eigenvalue weighted by atomic mass is 127. The van der Waals surface area contributed by atoms with Crippen LogP contribution in [0, 0.1) is 7.27 Å². The van der Waals surface area contributed by atoms with Crippen molar-refractivity contribution in [2.45, 2.75) is 11.3 Å². The van der Waals surface area contributed by atoms with E-state index in [1.807, 2.05) is 0 Å². The summed E-state index contributed by atoms with van der Waals surface area (Å²) in [6.45, 7) is 0. The van der Waals surface area contributed by atoms with Gasteiger partial charge in [0.2, 0.25) is 10.0 Å². The number of rotatable bonds is 2. The number of hydrogen-bond acceptors (Lipinski definition) is 3. The molecule has 15 heavy (non-hydrogen) atoms. The van der Waals surface area contributed by atoms with Crippen LogP contribution in [-0.2, 0) is 10.0 Å². The first-order valence-corrected chi connectivity index (χ1v) is 7.10. The standard InChI is InChI=1S/C6H4F2I2N2O2S/c7-5(8)3-4(9)2(15(11,13)14)1-12-6(3)10/h1,5H,(H2,11,13,14). The Bertz CT molecular complexity index is 492. The summed E-state index contributed by atoms with van der Waals surface area (Å²) >= 11 is 3.14. The molecule has 1 rings (SSSR count). The molecule has 0 aromatic carbocycles. The summed E-state index contributed by atoms with van der Waals surface area (Å²) in [6, 6.07) is 0. The number of halogens is 4. The first kappa shape index (κ1) is 13.4. The zero-order valence-electron chi connectivity index (χ0n) is 6.92. The molecule has 0 aliphatic rings. The highest BCUT2D eigenvalue weighted by molar-refractivity contribution is 14.1. The molecule has 9 heteroatoms. The molecule has 1 aromatic heterocycles. The molecule has 4 nitrogen and oxygen atoms in total. The van der Waals surface area contributed by atoms with Crippen molar-refractivity contribution in [1.29, 1.82) is 0 Å². The third-order valence-corrected chi connectivity index (χ3v) is 4.81. The van der Waals surface area contributed by atoms with Crippen molar-refractivity contribution in [2.24, 2.45) is 5.14 Å². The van der Waals surface area contributed by atoms with E-state index in [-0.39, 0.29) is 12.2 Å². The molecule has 0 unspecified atom stereocenters. The first-order chi connectivity index (χ1) is 6.75. The molecule has 0 fully saturated rings. The Labute approximate surface area is 112 Å². The van der Waals surface area contributed by atoms with E-state index in [0.717, 1.165) is 6.20 Å². The first-order valence-electron chi connectivity index (χ1n) is 3.40. The molecule has 0 saturated carbocycles. The molecule has 0 aliphatic heterocycles. The molecule has 0 spiro atoms. The van der Waals surface area contributed by atoms with Gasteiger partial charge in [0.25, 0.3) is 6.43 Å². The zero-order valence-corrected chi connectivity index (χ0v) is 12.0. The zero-order chi connectivity index (χ0) is 11.8. The number of sulfonamides is 1. The van der Waals surface area contributed by atoms with Gasteiger partial charge in [-0.3, -0.25) is 0 Å². The molecule has 0 saturated heterocycles. The normalized spacial score (nSPS) is 12.1. The summed E-state index contributed by atoms with van der Waals surface area (Å²) in [4.78, 5) is 3.19. The van der Waals surface area contributed by atoms with E-state index in [0.29, 0.717) is 0 Å². The van der Waals surface area contributed by atoms with Gasteiger partial charge in [-0.1, -0.05) is 0 Å². The minimum absolute atomic E-state index is 0.0689. The minimum atomic E-state index is -4.01. The fourth-order valence-electron chi connectivity index (χ4n) is 0.849. The number of alkyl halides is 2. The van der Waals surface area contributed by atoms with Gasteiger partial charge < -0.3 is 0 Å². The van der Waals surface area contributed by atoms with Crippen LogP contribution in [0.25, 0.3) is 0 Å². The Balaban J connectivity index is 3.56. The quantitative estimate of drug-likeness (QED) is 0.542. The average molecular weight is 460 g/mol. The predicted molar refractivity (Wildman–Crippen MR) is 66.0 cm³/mol. The highest BCUT2D eigenvalue weighted by Crippen LogP contribution is 2.31. The maximum absolute atomic E-state index is 12.6. The lowest BCUT2D eigenvalue weighted by molar-refractivity contribution is 0.148. The number of pyridine rings is 1. The van der Waals surface area contributed by atoms with Crippen LogP contribution in [0.5, 0.6) is 0 Å². The molecular formula is C6H4F2I2N2O2S. The van der Waals surface area contributed by atoms with Crippen LogP contribution in [0.1, 0.15) is 12.0 Å². The summed E-state index contributed by atoms with van der Waals surface area (Å²) in [7, 11) is -4.01. The fraction of sp³-hybridized carbons (Fsp3) is 0.167. The van der Waals surface area contributed by atoms with Crippen LogP contribution in [0.15, 0.2) is 11.1 Å². The smallest absolute Gasteiger partial charge is 0.248 e. The topological polar surface area (TPSA) is 73.1 Å². The van der Waals surface area contributed by atoms with Crippen molar-refractivity contribution in [2.75, 3.05) is 0 Å². The summed E-state index contributed by atoms with van der Waals surface area (Å²) in [5.74, 6) is 0. The van der Waals surface area contributed by atoms with E-state index in [9.17, 15) is 17.2 Å². The van der Waals surface area contributed by atoms with E-state index in [1.54, 1.807) is 22.6 Å². The lowest BCUT2D eigenvalue weighted by Gasteiger charge is -2.08. The van der Waals surface area contributed by atoms with Crippen LogP contribution < -0.4 is 5.14 Å². The van der Waals surface area contributed by atoms with Crippen LogP contribution in [0.2, 0.25) is 0 Å². The fourth-order valence-corrected chi connectivity index (χ4v) is 4.12. The van der Waals surface area contributed by atoms with Crippen LogP contribution in [-0.4, -0.2) is 13.4 Å². The van der Waals surface area contributed by atoms with Gasteiger partial charge in [0.15, 0.2) is 0 Å². The number of nitrogens with zero attached hydrogens (tertiary/aromatic N) is 1. The predicted octanol–water partition coefficient (Wildman–Crippen LogP) is 1.88. The third-order valence-electron chi connectivity index (χ3n) is 1.49. The lowest BCUT2D eigenvalue weighted by atomic mass is 10.3. The summed E-state index contributed by atoms with van der Waals surface area (Å²) in [5.41, 5.74) is -0.400. The van der Waals surface area contributed by atoms with Gasteiger partial charge in [-0.15, -0.1) is 0 Å². The van der Waals surface area contributed by atoms with E-state index in [4.69, 9.17) is 5.14 Å². The van der Waals surface area contributed by atoms with E-state index >= 15 is 0 Å². The Morgan fingerprint density at radius 3 is 2.33 bits per heavy atom. The maximum Gasteiger partial charge on any atom is 0.267 e. The Hall–Kier alpha value is 0.380. The summed E-state index contributed by atoms with van der Waals surface area (Å²) in [6.07, 6.45) is -1.80. The molecule has 0 aliphatic carbocycles.